The molecule has 0 amide bonds. The van der Waals surface area contributed by atoms with Crippen molar-refractivity contribution in [1.82, 2.24) is 4.90 Å². The van der Waals surface area contributed by atoms with Gasteiger partial charge in [-0.3, -0.25) is 4.90 Å². The molecule has 0 saturated heterocycles. The van der Waals surface area contributed by atoms with Crippen LogP contribution in [-0.2, 0) is 0 Å². The van der Waals surface area contributed by atoms with Crippen LogP contribution in [0.2, 0.25) is 0 Å². The van der Waals surface area contributed by atoms with Crippen molar-refractivity contribution in [1.29, 1.82) is 0 Å². The van der Waals surface area contributed by atoms with Gasteiger partial charge in [0.1, 0.15) is 6.17 Å². The molecule has 1 saturated carbocycles. The Hall–Kier alpha value is -0.110. The Kier molecular flexibility index (Phi) is 3.10. The molecule has 0 aromatic rings. The summed E-state index contributed by atoms with van der Waals surface area (Å²) in [6.45, 7) is 8.74. The Balaban J connectivity index is 2.44. The summed E-state index contributed by atoms with van der Waals surface area (Å²) in [5.74, 6) is 0. The zero-order valence-electron chi connectivity index (χ0n) is 8.55. The van der Waals surface area contributed by atoms with Gasteiger partial charge in [0.05, 0.1) is 0 Å². The van der Waals surface area contributed by atoms with Gasteiger partial charge in [0, 0.05) is 18.1 Å². The van der Waals surface area contributed by atoms with E-state index in [1.54, 1.807) is 0 Å². The van der Waals surface area contributed by atoms with E-state index in [1.807, 2.05) is 0 Å². The van der Waals surface area contributed by atoms with Crippen molar-refractivity contribution in [3.63, 3.8) is 0 Å². The lowest BCUT2D eigenvalue weighted by atomic mass is 9.87. The van der Waals surface area contributed by atoms with Crippen LogP contribution in [-0.4, -0.2) is 29.2 Å². The van der Waals surface area contributed by atoms with Gasteiger partial charge < -0.3 is 0 Å². The summed E-state index contributed by atoms with van der Waals surface area (Å²) in [5.41, 5.74) is 0. The second-order valence-corrected chi connectivity index (χ2v) is 4.36. The minimum Gasteiger partial charge on any atom is -0.295 e. The zero-order valence-corrected chi connectivity index (χ0v) is 8.55. The second-order valence-electron chi connectivity index (χ2n) is 4.36. The number of hydrogen-bond acceptors (Lipinski definition) is 1. The number of rotatable bonds is 3. The van der Waals surface area contributed by atoms with Crippen LogP contribution < -0.4 is 0 Å². The molecule has 0 radical (unpaired) electrons. The third-order valence-corrected chi connectivity index (χ3v) is 2.67. The topological polar surface area (TPSA) is 3.24 Å². The third kappa shape index (κ3) is 1.98. The Bertz CT molecular complexity index is 131. The van der Waals surface area contributed by atoms with Crippen LogP contribution in [0.3, 0.4) is 0 Å². The van der Waals surface area contributed by atoms with Gasteiger partial charge in [0.2, 0.25) is 0 Å². The molecule has 0 N–H and O–H groups in total. The van der Waals surface area contributed by atoms with E-state index in [1.165, 1.54) is 0 Å². The van der Waals surface area contributed by atoms with Crippen molar-refractivity contribution in [2.75, 3.05) is 0 Å². The normalized spacial score (nSPS) is 30.0. The van der Waals surface area contributed by atoms with Crippen LogP contribution in [0.4, 0.5) is 4.39 Å². The van der Waals surface area contributed by atoms with E-state index < -0.39 is 6.17 Å². The van der Waals surface area contributed by atoms with Gasteiger partial charge in [0.15, 0.2) is 0 Å². The summed E-state index contributed by atoms with van der Waals surface area (Å²) in [6.07, 6.45) is 0.960. The highest BCUT2D eigenvalue weighted by Gasteiger charge is 2.35. The molecular weight excluding hydrogens is 153 g/mol. The quantitative estimate of drug-likeness (QED) is 0.634. The van der Waals surface area contributed by atoms with Gasteiger partial charge in [-0.25, -0.2) is 4.39 Å². The van der Waals surface area contributed by atoms with Gasteiger partial charge in [-0.05, 0) is 40.5 Å². The first kappa shape index (κ1) is 9.97. The predicted molar refractivity (Wildman–Crippen MR) is 50.0 cm³/mol. The van der Waals surface area contributed by atoms with Gasteiger partial charge in [-0.15, -0.1) is 0 Å². The molecular formula is C10H20FN. The average Bonchev–Trinajstić information content (AvgIpc) is 1.82. The van der Waals surface area contributed by atoms with Gasteiger partial charge in [-0.2, -0.15) is 0 Å². The van der Waals surface area contributed by atoms with Crippen molar-refractivity contribution < 1.29 is 4.39 Å². The minimum atomic E-state index is -0.532. The van der Waals surface area contributed by atoms with Gasteiger partial charge >= 0.3 is 0 Å². The average molecular weight is 173 g/mol. The molecule has 1 aliphatic carbocycles. The van der Waals surface area contributed by atoms with Crippen LogP contribution in [0.25, 0.3) is 0 Å². The van der Waals surface area contributed by atoms with E-state index in [0.29, 0.717) is 18.1 Å². The summed E-state index contributed by atoms with van der Waals surface area (Å²) in [5, 5.41) is 0. The molecule has 1 aliphatic rings. The van der Waals surface area contributed by atoms with E-state index in [4.69, 9.17) is 0 Å². The molecule has 0 aromatic carbocycles. The summed E-state index contributed by atoms with van der Waals surface area (Å²) >= 11 is 0. The molecule has 0 aliphatic heterocycles. The lowest BCUT2D eigenvalue weighted by Gasteiger charge is -2.44. The van der Waals surface area contributed by atoms with Crippen LogP contribution in [0, 0.1) is 0 Å². The van der Waals surface area contributed by atoms with Gasteiger partial charge in [-0.1, -0.05) is 0 Å². The lowest BCUT2D eigenvalue weighted by Crippen LogP contribution is -2.51. The second kappa shape index (κ2) is 3.73. The van der Waals surface area contributed by atoms with Crippen LogP contribution in [0.5, 0.6) is 0 Å². The molecule has 0 atom stereocenters. The van der Waals surface area contributed by atoms with Crippen LogP contribution in [0.15, 0.2) is 0 Å². The highest BCUT2D eigenvalue weighted by Crippen LogP contribution is 2.30. The number of nitrogens with zero attached hydrogens (tertiary/aromatic N) is 1. The summed E-state index contributed by atoms with van der Waals surface area (Å²) in [7, 11) is 0. The monoisotopic (exact) mass is 173 g/mol. The smallest absolute Gasteiger partial charge is 0.103 e. The molecule has 1 nitrogen and oxygen atoms in total. The zero-order chi connectivity index (χ0) is 9.30. The maximum Gasteiger partial charge on any atom is 0.103 e. The highest BCUT2D eigenvalue weighted by molar-refractivity contribution is 4.89. The SMILES string of the molecule is CC(C)N(C(C)C)C1CC(F)C1. The van der Waals surface area contributed by atoms with Crippen molar-refractivity contribution in [2.24, 2.45) is 0 Å². The molecule has 0 heterocycles. The first-order valence-electron chi connectivity index (χ1n) is 4.94. The molecule has 2 heteroatoms. The van der Waals surface area contributed by atoms with E-state index in [2.05, 4.69) is 32.6 Å². The van der Waals surface area contributed by atoms with Crippen molar-refractivity contribution in [3.05, 3.63) is 0 Å². The standard InChI is InChI=1S/C10H20FN/c1-7(2)12(8(3)4)10-5-9(11)6-10/h7-10H,5-6H2,1-4H3. The maximum atomic E-state index is 12.6. The maximum absolute atomic E-state index is 12.6. The van der Waals surface area contributed by atoms with E-state index in [0.717, 1.165) is 12.8 Å². The number of alkyl halides is 1. The molecule has 72 valence electrons. The van der Waals surface area contributed by atoms with Crippen molar-refractivity contribution in [2.45, 2.75) is 64.8 Å². The molecule has 0 spiro atoms. The fourth-order valence-electron chi connectivity index (χ4n) is 2.20. The summed E-state index contributed by atoms with van der Waals surface area (Å²) in [4.78, 5) is 2.41. The minimum absolute atomic E-state index is 0.500. The summed E-state index contributed by atoms with van der Waals surface area (Å²) in [6, 6.07) is 1.59. The Morgan fingerprint density at radius 3 is 1.75 bits per heavy atom. The largest absolute Gasteiger partial charge is 0.295 e. The molecule has 0 bridgehead atoms. The molecule has 12 heavy (non-hydrogen) atoms. The lowest BCUT2D eigenvalue weighted by molar-refractivity contribution is 0.0131. The Morgan fingerprint density at radius 2 is 1.50 bits per heavy atom. The highest BCUT2D eigenvalue weighted by atomic mass is 19.1. The molecule has 0 aromatic heterocycles. The van der Waals surface area contributed by atoms with Crippen LogP contribution >= 0.6 is 0 Å². The van der Waals surface area contributed by atoms with E-state index >= 15 is 0 Å². The third-order valence-electron chi connectivity index (χ3n) is 2.67. The number of hydrogen-bond donors (Lipinski definition) is 0. The van der Waals surface area contributed by atoms with Gasteiger partial charge in [0.25, 0.3) is 0 Å². The first-order chi connectivity index (χ1) is 5.52. The Labute approximate surface area is 74.9 Å². The molecule has 0 unspecified atom stereocenters. The fourth-order valence-corrected chi connectivity index (χ4v) is 2.20. The number of halogens is 1. The molecule has 1 rings (SSSR count). The van der Waals surface area contributed by atoms with E-state index in [-0.39, 0.29) is 0 Å². The van der Waals surface area contributed by atoms with Crippen LogP contribution in [0.1, 0.15) is 40.5 Å². The Morgan fingerprint density at radius 1 is 1.08 bits per heavy atom. The summed E-state index contributed by atoms with van der Waals surface area (Å²) < 4.78 is 12.6. The predicted octanol–water partition coefficient (Wildman–Crippen LogP) is 2.61. The van der Waals surface area contributed by atoms with Crippen molar-refractivity contribution >= 4 is 0 Å². The molecule has 1 fully saturated rings. The fraction of sp³-hybridized carbons (Fsp3) is 1.00. The first-order valence-corrected chi connectivity index (χ1v) is 4.94. The van der Waals surface area contributed by atoms with E-state index in [9.17, 15) is 4.39 Å². The van der Waals surface area contributed by atoms with Crippen molar-refractivity contribution in [3.8, 4) is 0 Å².